The Hall–Kier alpha value is -1.36. The van der Waals surface area contributed by atoms with Crippen LogP contribution < -0.4 is 5.32 Å². The van der Waals surface area contributed by atoms with Crippen LogP contribution in [0.5, 0.6) is 0 Å². The number of likely N-dealkylation sites (tertiary alicyclic amines) is 1. The molecule has 1 aromatic rings. The molecule has 0 saturated carbocycles. The van der Waals surface area contributed by atoms with E-state index in [9.17, 15) is 9.59 Å². The van der Waals surface area contributed by atoms with Gasteiger partial charge in [-0.25, -0.2) is 0 Å². The lowest BCUT2D eigenvalue weighted by atomic mass is 10.1. The van der Waals surface area contributed by atoms with Crippen molar-refractivity contribution in [2.45, 2.75) is 25.7 Å². The van der Waals surface area contributed by atoms with E-state index in [1.807, 2.05) is 23.1 Å². The number of carbonyl (C=O) groups is 2. The van der Waals surface area contributed by atoms with E-state index >= 15 is 0 Å². The molecule has 1 aliphatic heterocycles. The van der Waals surface area contributed by atoms with Gasteiger partial charge in [-0.05, 0) is 47.3 Å². The maximum atomic E-state index is 12.0. The predicted octanol–water partition coefficient (Wildman–Crippen LogP) is 2.58. The van der Waals surface area contributed by atoms with Crippen molar-refractivity contribution in [2.24, 2.45) is 0 Å². The summed E-state index contributed by atoms with van der Waals surface area (Å²) in [4.78, 5) is 25.5. The maximum Gasteiger partial charge on any atom is 0.252 e. The average molecular weight is 339 g/mol. The van der Waals surface area contributed by atoms with Crippen LogP contribution in [-0.4, -0.2) is 36.3 Å². The van der Waals surface area contributed by atoms with E-state index in [4.69, 9.17) is 0 Å². The molecule has 0 radical (unpaired) electrons. The second-order valence-corrected chi connectivity index (χ2v) is 5.78. The molecule has 1 heterocycles. The highest BCUT2D eigenvalue weighted by Crippen LogP contribution is 2.15. The van der Waals surface area contributed by atoms with Gasteiger partial charge in [-0.2, -0.15) is 0 Å². The average Bonchev–Trinajstić information content (AvgIpc) is 2.45. The van der Waals surface area contributed by atoms with Crippen LogP contribution in [0.25, 0.3) is 0 Å². The summed E-state index contributed by atoms with van der Waals surface area (Å²) < 4.78 is 0.795. The highest BCUT2D eigenvalue weighted by atomic mass is 79.9. The van der Waals surface area contributed by atoms with Crippen LogP contribution in [0.2, 0.25) is 0 Å². The van der Waals surface area contributed by atoms with Gasteiger partial charge in [0.25, 0.3) is 5.91 Å². The SMILES string of the molecule is O=C(NCCCN1CCCCC1=O)c1ccccc1Br. The number of nitrogens with one attached hydrogen (secondary N) is 1. The van der Waals surface area contributed by atoms with Crippen molar-refractivity contribution >= 4 is 27.7 Å². The lowest BCUT2D eigenvalue weighted by molar-refractivity contribution is -0.133. The third-order valence-electron chi connectivity index (χ3n) is 3.43. The van der Waals surface area contributed by atoms with E-state index in [-0.39, 0.29) is 11.8 Å². The molecule has 0 bridgehead atoms. The lowest BCUT2D eigenvalue weighted by Crippen LogP contribution is -2.37. The lowest BCUT2D eigenvalue weighted by Gasteiger charge is -2.26. The van der Waals surface area contributed by atoms with Crippen LogP contribution >= 0.6 is 15.9 Å². The van der Waals surface area contributed by atoms with Gasteiger partial charge in [0.1, 0.15) is 0 Å². The third-order valence-corrected chi connectivity index (χ3v) is 4.12. The van der Waals surface area contributed by atoms with Gasteiger partial charge >= 0.3 is 0 Å². The Bertz CT molecular complexity index is 491. The zero-order valence-electron chi connectivity index (χ0n) is 11.4. The monoisotopic (exact) mass is 338 g/mol. The summed E-state index contributed by atoms with van der Waals surface area (Å²) in [6.07, 6.45) is 3.56. The summed E-state index contributed by atoms with van der Waals surface area (Å²) in [5.74, 6) is 0.163. The molecule has 0 unspecified atom stereocenters. The van der Waals surface area contributed by atoms with Gasteiger partial charge in [0.2, 0.25) is 5.91 Å². The minimum Gasteiger partial charge on any atom is -0.352 e. The van der Waals surface area contributed by atoms with Crippen molar-refractivity contribution in [2.75, 3.05) is 19.6 Å². The van der Waals surface area contributed by atoms with Gasteiger partial charge in [-0.3, -0.25) is 9.59 Å². The predicted molar refractivity (Wildman–Crippen MR) is 81.5 cm³/mol. The van der Waals surface area contributed by atoms with Gasteiger partial charge in [0.05, 0.1) is 5.56 Å². The van der Waals surface area contributed by atoms with Crippen molar-refractivity contribution in [1.29, 1.82) is 0 Å². The molecule has 5 heteroatoms. The number of nitrogens with zero attached hydrogens (tertiary/aromatic N) is 1. The van der Waals surface area contributed by atoms with Gasteiger partial charge in [0.15, 0.2) is 0 Å². The van der Waals surface area contributed by atoms with Gasteiger partial charge in [-0.1, -0.05) is 12.1 Å². The molecule has 0 atom stereocenters. The quantitative estimate of drug-likeness (QED) is 0.839. The number of hydrogen-bond acceptors (Lipinski definition) is 2. The van der Waals surface area contributed by atoms with Crippen LogP contribution in [0.4, 0.5) is 0 Å². The molecule has 20 heavy (non-hydrogen) atoms. The molecule has 108 valence electrons. The number of hydrogen-bond donors (Lipinski definition) is 1. The molecule has 0 spiro atoms. The second kappa shape index (κ2) is 7.43. The van der Waals surface area contributed by atoms with Crippen LogP contribution in [0.3, 0.4) is 0 Å². The number of benzene rings is 1. The van der Waals surface area contributed by atoms with E-state index in [1.54, 1.807) is 6.07 Å². The Labute approximate surface area is 127 Å². The Balaban J connectivity index is 1.72. The second-order valence-electron chi connectivity index (χ2n) is 4.93. The molecule has 1 saturated heterocycles. The first-order valence-corrected chi connectivity index (χ1v) is 7.78. The van der Waals surface area contributed by atoms with E-state index in [0.29, 0.717) is 18.5 Å². The van der Waals surface area contributed by atoms with Crippen LogP contribution in [0.15, 0.2) is 28.7 Å². The smallest absolute Gasteiger partial charge is 0.252 e. The normalized spacial score (nSPS) is 15.2. The topological polar surface area (TPSA) is 49.4 Å². The largest absolute Gasteiger partial charge is 0.352 e. The molecule has 1 aromatic carbocycles. The molecule has 0 aromatic heterocycles. The van der Waals surface area contributed by atoms with Crippen LogP contribution in [0, 0.1) is 0 Å². The van der Waals surface area contributed by atoms with Crippen LogP contribution in [-0.2, 0) is 4.79 Å². The summed E-state index contributed by atoms with van der Waals surface area (Å²) in [7, 11) is 0. The maximum absolute atomic E-state index is 12.0. The zero-order valence-corrected chi connectivity index (χ0v) is 13.0. The molecule has 2 rings (SSSR count). The minimum absolute atomic E-state index is 0.0811. The van der Waals surface area contributed by atoms with E-state index in [2.05, 4.69) is 21.2 Å². The molecule has 4 nitrogen and oxygen atoms in total. The fraction of sp³-hybridized carbons (Fsp3) is 0.467. The Morgan fingerprint density at radius 1 is 1.30 bits per heavy atom. The fourth-order valence-corrected chi connectivity index (χ4v) is 2.78. The van der Waals surface area contributed by atoms with Crippen molar-refractivity contribution in [3.8, 4) is 0 Å². The highest BCUT2D eigenvalue weighted by molar-refractivity contribution is 9.10. The Kier molecular flexibility index (Phi) is 5.59. The summed E-state index contributed by atoms with van der Waals surface area (Å²) >= 11 is 3.36. The van der Waals surface area contributed by atoms with E-state index in [0.717, 1.165) is 36.8 Å². The number of rotatable bonds is 5. The van der Waals surface area contributed by atoms with Gasteiger partial charge in [0, 0.05) is 30.5 Å². The third kappa shape index (κ3) is 4.07. The van der Waals surface area contributed by atoms with E-state index in [1.165, 1.54) is 0 Å². The molecule has 1 aliphatic rings. The fourth-order valence-electron chi connectivity index (χ4n) is 2.31. The zero-order chi connectivity index (χ0) is 14.4. The number of halogens is 1. The summed E-state index contributed by atoms with van der Waals surface area (Å²) in [5, 5.41) is 2.89. The van der Waals surface area contributed by atoms with Crippen molar-refractivity contribution in [3.05, 3.63) is 34.3 Å². The minimum atomic E-state index is -0.0811. The van der Waals surface area contributed by atoms with E-state index < -0.39 is 0 Å². The highest BCUT2D eigenvalue weighted by Gasteiger charge is 2.17. The number of carbonyl (C=O) groups excluding carboxylic acids is 2. The first kappa shape index (κ1) is 15.0. The molecular formula is C15H19BrN2O2. The van der Waals surface area contributed by atoms with Crippen LogP contribution in [0.1, 0.15) is 36.0 Å². The summed E-state index contributed by atoms with van der Waals surface area (Å²) in [6.45, 7) is 2.18. The summed E-state index contributed by atoms with van der Waals surface area (Å²) in [5.41, 5.74) is 0.640. The molecular weight excluding hydrogens is 320 g/mol. The van der Waals surface area contributed by atoms with Gasteiger partial charge in [-0.15, -0.1) is 0 Å². The molecule has 1 N–H and O–H groups in total. The van der Waals surface area contributed by atoms with Gasteiger partial charge < -0.3 is 10.2 Å². The standard InChI is InChI=1S/C15H19BrN2O2/c16-13-7-2-1-6-12(13)15(20)17-9-5-11-18-10-4-3-8-14(18)19/h1-2,6-7H,3-5,8-11H2,(H,17,20). The first-order valence-electron chi connectivity index (χ1n) is 6.99. The number of piperidine rings is 1. The summed E-state index contributed by atoms with van der Waals surface area (Å²) in [6, 6.07) is 7.35. The molecule has 0 aliphatic carbocycles. The Morgan fingerprint density at radius 3 is 2.85 bits per heavy atom. The molecule has 1 fully saturated rings. The first-order chi connectivity index (χ1) is 9.68. The molecule has 2 amide bonds. The van der Waals surface area contributed by atoms with Crippen molar-refractivity contribution in [3.63, 3.8) is 0 Å². The van der Waals surface area contributed by atoms with Crippen molar-refractivity contribution in [1.82, 2.24) is 10.2 Å². The number of amides is 2. The van der Waals surface area contributed by atoms with Crippen molar-refractivity contribution < 1.29 is 9.59 Å². The Morgan fingerprint density at radius 2 is 2.10 bits per heavy atom.